The van der Waals surface area contributed by atoms with E-state index < -0.39 is 34.2 Å². The first-order valence-electron chi connectivity index (χ1n) is 3.56. The highest BCUT2D eigenvalue weighted by molar-refractivity contribution is 6.29. The summed E-state index contributed by atoms with van der Waals surface area (Å²) in [6.45, 7) is 0. The van der Waals surface area contributed by atoms with Gasteiger partial charge in [0.05, 0.1) is 11.3 Å². The van der Waals surface area contributed by atoms with E-state index in [4.69, 9.17) is 23.1 Å². The molecule has 4 N–H and O–H groups in total. The summed E-state index contributed by atoms with van der Waals surface area (Å²) >= 11 is 5.30. The summed E-state index contributed by atoms with van der Waals surface area (Å²) < 4.78 is 37.1. The highest BCUT2D eigenvalue weighted by Crippen LogP contribution is 2.35. The monoisotopic (exact) mass is 239 g/mol. The van der Waals surface area contributed by atoms with Gasteiger partial charge in [-0.15, -0.1) is 0 Å². The number of aromatic nitrogens is 1. The van der Waals surface area contributed by atoms with Crippen LogP contribution in [0.2, 0.25) is 5.15 Å². The summed E-state index contributed by atoms with van der Waals surface area (Å²) in [6, 6.07) is 0.531. The summed E-state index contributed by atoms with van der Waals surface area (Å²) in [4.78, 5) is 14.0. The van der Waals surface area contributed by atoms with Crippen molar-refractivity contribution in [1.29, 1.82) is 0 Å². The Kier molecular flexibility index (Phi) is 2.76. The van der Waals surface area contributed by atoms with Crippen LogP contribution in [-0.4, -0.2) is 10.9 Å². The first-order chi connectivity index (χ1) is 6.73. The molecule has 0 saturated carbocycles. The van der Waals surface area contributed by atoms with Crippen molar-refractivity contribution < 1.29 is 18.0 Å². The largest absolute Gasteiger partial charge is 0.418 e. The topological polar surface area (TPSA) is 82.0 Å². The molecule has 82 valence electrons. The van der Waals surface area contributed by atoms with Gasteiger partial charge in [-0.2, -0.15) is 13.2 Å². The number of nitrogen functional groups attached to an aromatic ring is 1. The molecule has 1 heterocycles. The molecule has 1 aromatic rings. The minimum Gasteiger partial charge on any atom is -0.396 e. The first kappa shape index (κ1) is 11.6. The van der Waals surface area contributed by atoms with Gasteiger partial charge in [-0.1, -0.05) is 11.6 Å². The number of nitrogens with zero attached hydrogens (tertiary/aromatic N) is 1. The number of anilines is 1. The highest BCUT2D eigenvalue weighted by Gasteiger charge is 2.35. The molecule has 1 amide bonds. The summed E-state index contributed by atoms with van der Waals surface area (Å²) in [6.07, 6.45) is -4.71. The average molecular weight is 240 g/mol. The molecule has 8 heteroatoms. The van der Waals surface area contributed by atoms with E-state index in [-0.39, 0.29) is 0 Å². The lowest BCUT2D eigenvalue weighted by Gasteiger charge is -2.11. The summed E-state index contributed by atoms with van der Waals surface area (Å²) in [5.41, 5.74) is 7.15. The van der Waals surface area contributed by atoms with Crippen molar-refractivity contribution in [2.75, 3.05) is 5.73 Å². The van der Waals surface area contributed by atoms with Crippen molar-refractivity contribution >= 4 is 23.2 Å². The Balaban J connectivity index is 3.49. The highest BCUT2D eigenvalue weighted by atomic mass is 35.5. The maximum atomic E-state index is 12.4. The predicted octanol–water partition coefficient (Wildman–Crippen LogP) is 1.43. The molecule has 0 saturated heterocycles. The average Bonchev–Trinajstić information content (AvgIpc) is 2.06. The van der Waals surface area contributed by atoms with Crippen LogP contribution in [0.5, 0.6) is 0 Å². The second kappa shape index (κ2) is 3.58. The van der Waals surface area contributed by atoms with E-state index in [0.717, 1.165) is 0 Å². The Labute approximate surface area is 87.0 Å². The van der Waals surface area contributed by atoms with Crippen LogP contribution in [0.1, 0.15) is 16.1 Å². The molecule has 0 fully saturated rings. The van der Waals surface area contributed by atoms with E-state index in [1.807, 2.05) is 0 Å². The van der Waals surface area contributed by atoms with Gasteiger partial charge < -0.3 is 11.5 Å². The van der Waals surface area contributed by atoms with Gasteiger partial charge in [0.1, 0.15) is 5.15 Å². The molecule has 0 radical (unpaired) electrons. The van der Waals surface area contributed by atoms with Crippen LogP contribution in [0.25, 0.3) is 0 Å². The number of halogens is 4. The number of hydrogen-bond donors (Lipinski definition) is 2. The van der Waals surface area contributed by atoms with Crippen molar-refractivity contribution in [3.05, 3.63) is 22.5 Å². The molecular formula is C7H5ClF3N3O. The zero-order valence-electron chi connectivity index (χ0n) is 7.10. The number of alkyl halides is 3. The summed E-state index contributed by atoms with van der Waals surface area (Å²) in [5.74, 6) is -1.17. The Morgan fingerprint density at radius 1 is 1.47 bits per heavy atom. The number of nitrogens with two attached hydrogens (primary N) is 2. The van der Waals surface area contributed by atoms with Crippen molar-refractivity contribution in [2.45, 2.75) is 6.18 Å². The lowest BCUT2D eigenvalue weighted by atomic mass is 10.1. The Morgan fingerprint density at radius 3 is 2.40 bits per heavy atom. The smallest absolute Gasteiger partial charge is 0.396 e. The van der Waals surface area contributed by atoms with Gasteiger partial charge in [0.25, 0.3) is 5.91 Å². The Morgan fingerprint density at radius 2 is 2.00 bits per heavy atom. The molecule has 0 aliphatic heterocycles. The third kappa shape index (κ3) is 2.30. The van der Waals surface area contributed by atoms with Crippen LogP contribution in [0, 0.1) is 0 Å². The standard InChI is InChI=1S/C7H5ClF3N3O/c8-3-1-2(7(9,10)11)4(12)5(14-3)6(13)15/h1H,12H2,(H2,13,15). The summed E-state index contributed by atoms with van der Waals surface area (Å²) in [5, 5.41) is -0.495. The molecule has 0 unspecified atom stereocenters. The number of pyridine rings is 1. The van der Waals surface area contributed by atoms with E-state index in [9.17, 15) is 18.0 Å². The SMILES string of the molecule is NC(=O)c1nc(Cl)cc(C(F)(F)F)c1N. The van der Waals surface area contributed by atoms with E-state index in [1.54, 1.807) is 0 Å². The molecule has 0 bridgehead atoms. The van der Waals surface area contributed by atoms with Crippen molar-refractivity contribution in [3.8, 4) is 0 Å². The number of primary amides is 1. The van der Waals surface area contributed by atoms with Crippen LogP contribution in [0.3, 0.4) is 0 Å². The van der Waals surface area contributed by atoms with Crippen molar-refractivity contribution in [2.24, 2.45) is 5.73 Å². The minimum absolute atomic E-state index is 0.495. The number of carbonyl (C=O) groups is 1. The lowest BCUT2D eigenvalue weighted by molar-refractivity contribution is -0.137. The van der Waals surface area contributed by atoms with Gasteiger partial charge in [-0.3, -0.25) is 4.79 Å². The zero-order chi connectivity index (χ0) is 11.8. The van der Waals surface area contributed by atoms with Crippen LogP contribution in [0.4, 0.5) is 18.9 Å². The van der Waals surface area contributed by atoms with Crippen LogP contribution >= 0.6 is 11.6 Å². The van der Waals surface area contributed by atoms with Gasteiger partial charge in [0.2, 0.25) is 0 Å². The van der Waals surface area contributed by atoms with E-state index >= 15 is 0 Å². The molecule has 15 heavy (non-hydrogen) atoms. The van der Waals surface area contributed by atoms with Gasteiger partial charge in [0, 0.05) is 0 Å². The Hall–Kier alpha value is -1.50. The molecule has 4 nitrogen and oxygen atoms in total. The lowest BCUT2D eigenvalue weighted by Crippen LogP contribution is -2.19. The van der Waals surface area contributed by atoms with Gasteiger partial charge in [-0.05, 0) is 6.07 Å². The van der Waals surface area contributed by atoms with Crippen LogP contribution in [-0.2, 0) is 6.18 Å². The quantitative estimate of drug-likeness (QED) is 0.728. The van der Waals surface area contributed by atoms with Gasteiger partial charge >= 0.3 is 6.18 Å². The molecule has 1 rings (SSSR count). The fourth-order valence-electron chi connectivity index (χ4n) is 0.946. The number of hydrogen-bond acceptors (Lipinski definition) is 3. The molecule has 0 aliphatic carbocycles. The molecule has 0 spiro atoms. The number of rotatable bonds is 1. The fourth-order valence-corrected chi connectivity index (χ4v) is 1.14. The molecule has 1 aromatic heterocycles. The normalized spacial score (nSPS) is 11.5. The predicted molar refractivity (Wildman–Crippen MR) is 47.2 cm³/mol. The molecule has 0 atom stereocenters. The van der Waals surface area contributed by atoms with E-state index in [1.165, 1.54) is 0 Å². The first-order valence-corrected chi connectivity index (χ1v) is 3.94. The van der Waals surface area contributed by atoms with Gasteiger partial charge in [0.15, 0.2) is 5.69 Å². The number of amides is 1. The summed E-state index contributed by atoms with van der Waals surface area (Å²) in [7, 11) is 0. The van der Waals surface area contributed by atoms with Crippen LogP contribution in [0.15, 0.2) is 6.07 Å². The van der Waals surface area contributed by atoms with Crippen LogP contribution < -0.4 is 11.5 Å². The minimum atomic E-state index is -4.71. The fraction of sp³-hybridized carbons (Fsp3) is 0.143. The third-order valence-electron chi connectivity index (χ3n) is 1.57. The second-order valence-corrected chi connectivity index (χ2v) is 3.00. The maximum absolute atomic E-state index is 12.4. The second-order valence-electron chi connectivity index (χ2n) is 2.62. The van der Waals surface area contributed by atoms with Crippen molar-refractivity contribution in [1.82, 2.24) is 4.98 Å². The Bertz CT molecular complexity index is 419. The zero-order valence-corrected chi connectivity index (χ0v) is 7.86. The van der Waals surface area contributed by atoms with E-state index in [2.05, 4.69) is 4.98 Å². The van der Waals surface area contributed by atoms with E-state index in [0.29, 0.717) is 6.07 Å². The van der Waals surface area contributed by atoms with Gasteiger partial charge in [-0.25, -0.2) is 4.98 Å². The molecular weight excluding hydrogens is 235 g/mol. The maximum Gasteiger partial charge on any atom is 0.418 e. The molecule has 0 aliphatic rings. The van der Waals surface area contributed by atoms with Crippen molar-refractivity contribution in [3.63, 3.8) is 0 Å². The third-order valence-corrected chi connectivity index (χ3v) is 1.76. The number of carbonyl (C=O) groups excluding carboxylic acids is 1. The molecule has 0 aromatic carbocycles.